The summed E-state index contributed by atoms with van der Waals surface area (Å²) in [5.41, 5.74) is 1.70. The molecule has 1 aromatic rings. The number of benzene rings is 1. The molecule has 0 aromatic heterocycles. The van der Waals surface area contributed by atoms with E-state index in [0.717, 1.165) is 5.69 Å². The topological polar surface area (TPSA) is 49.9 Å². The zero-order valence-corrected chi connectivity index (χ0v) is 12.5. The van der Waals surface area contributed by atoms with E-state index < -0.39 is 0 Å². The summed E-state index contributed by atoms with van der Waals surface area (Å²) in [6, 6.07) is 7.45. The molecule has 20 heavy (non-hydrogen) atoms. The van der Waals surface area contributed by atoms with E-state index in [1.807, 2.05) is 43.3 Å². The first-order valence-electron chi connectivity index (χ1n) is 6.55. The predicted octanol–water partition coefficient (Wildman–Crippen LogP) is 1.78. The van der Waals surface area contributed by atoms with Crippen LogP contribution in [0.5, 0.6) is 0 Å². The number of hydrogen-bond donors (Lipinski definition) is 0. The van der Waals surface area contributed by atoms with Crippen molar-refractivity contribution in [2.45, 2.75) is 12.8 Å². The van der Waals surface area contributed by atoms with Crippen LogP contribution in [0, 0.1) is 0 Å². The molecule has 0 N–H and O–H groups in total. The van der Waals surface area contributed by atoms with Gasteiger partial charge < -0.3 is 14.5 Å². The van der Waals surface area contributed by atoms with Gasteiger partial charge in [-0.15, -0.1) is 0 Å². The predicted molar refractivity (Wildman–Crippen MR) is 79.0 cm³/mol. The highest BCUT2D eigenvalue weighted by Crippen LogP contribution is 2.13. The van der Waals surface area contributed by atoms with Crippen LogP contribution in [0.15, 0.2) is 24.3 Å². The maximum atomic E-state index is 12.2. The number of hydrogen-bond acceptors (Lipinski definition) is 4. The average Bonchev–Trinajstić information content (AvgIpc) is 2.46. The molecule has 0 aliphatic rings. The fourth-order valence-electron chi connectivity index (χ4n) is 1.79. The van der Waals surface area contributed by atoms with E-state index in [4.69, 9.17) is 0 Å². The van der Waals surface area contributed by atoms with Crippen LogP contribution in [0.4, 0.5) is 5.69 Å². The van der Waals surface area contributed by atoms with Gasteiger partial charge in [0, 0.05) is 45.4 Å². The normalized spacial score (nSPS) is 10.0. The molecule has 5 heteroatoms. The van der Waals surface area contributed by atoms with Crippen molar-refractivity contribution in [3.63, 3.8) is 0 Å². The average molecular weight is 278 g/mol. The third kappa shape index (κ3) is 4.57. The number of nitrogens with zero attached hydrogens (tertiary/aromatic N) is 2. The van der Waals surface area contributed by atoms with Crippen LogP contribution in [0.3, 0.4) is 0 Å². The number of anilines is 1. The summed E-state index contributed by atoms with van der Waals surface area (Å²) in [5.74, 6) is -0.290. The number of rotatable bonds is 6. The minimum Gasteiger partial charge on any atom is -0.469 e. The minimum atomic E-state index is -0.249. The Balaban J connectivity index is 2.53. The van der Waals surface area contributed by atoms with E-state index in [1.54, 1.807) is 11.9 Å². The summed E-state index contributed by atoms with van der Waals surface area (Å²) in [7, 11) is 7.01. The van der Waals surface area contributed by atoms with Crippen molar-refractivity contribution in [3.8, 4) is 0 Å². The first kappa shape index (κ1) is 16.0. The van der Waals surface area contributed by atoms with E-state index in [1.165, 1.54) is 7.11 Å². The van der Waals surface area contributed by atoms with E-state index in [-0.39, 0.29) is 11.9 Å². The third-order valence-corrected chi connectivity index (χ3v) is 3.08. The second-order valence-corrected chi connectivity index (χ2v) is 4.85. The van der Waals surface area contributed by atoms with Crippen molar-refractivity contribution >= 4 is 17.6 Å². The van der Waals surface area contributed by atoms with Crippen LogP contribution < -0.4 is 4.90 Å². The van der Waals surface area contributed by atoms with E-state index in [9.17, 15) is 9.59 Å². The van der Waals surface area contributed by atoms with Gasteiger partial charge in [-0.3, -0.25) is 9.59 Å². The fourth-order valence-corrected chi connectivity index (χ4v) is 1.79. The lowest BCUT2D eigenvalue weighted by Gasteiger charge is -2.18. The monoisotopic (exact) mass is 278 g/mol. The van der Waals surface area contributed by atoms with Crippen molar-refractivity contribution in [3.05, 3.63) is 29.8 Å². The van der Waals surface area contributed by atoms with Gasteiger partial charge in [0.15, 0.2) is 0 Å². The molecular formula is C15H22N2O3. The van der Waals surface area contributed by atoms with Gasteiger partial charge in [-0.2, -0.15) is 0 Å². The number of amides is 1. The molecule has 0 spiro atoms. The van der Waals surface area contributed by atoms with Crippen molar-refractivity contribution in [1.29, 1.82) is 0 Å². The zero-order valence-electron chi connectivity index (χ0n) is 12.5. The molecule has 110 valence electrons. The molecular weight excluding hydrogens is 256 g/mol. The standard InChI is InChI=1S/C15H22N2O3/c1-16(2)13-9-7-12(8-10-13)15(19)17(3)11-5-6-14(18)20-4/h7-10H,5-6,11H2,1-4H3. The highest BCUT2D eigenvalue weighted by Gasteiger charge is 2.12. The molecule has 1 aromatic carbocycles. The fraction of sp³-hybridized carbons (Fsp3) is 0.467. The van der Waals surface area contributed by atoms with Gasteiger partial charge in [-0.05, 0) is 30.7 Å². The molecule has 0 bridgehead atoms. The molecule has 0 radical (unpaired) electrons. The molecule has 0 fully saturated rings. The largest absolute Gasteiger partial charge is 0.469 e. The van der Waals surface area contributed by atoms with Crippen LogP contribution in [0.2, 0.25) is 0 Å². The summed E-state index contributed by atoms with van der Waals surface area (Å²) in [5, 5.41) is 0. The number of carbonyl (C=O) groups is 2. The Bertz CT molecular complexity index is 455. The van der Waals surface area contributed by atoms with E-state index >= 15 is 0 Å². The van der Waals surface area contributed by atoms with Gasteiger partial charge >= 0.3 is 5.97 Å². The lowest BCUT2D eigenvalue weighted by atomic mass is 10.1. The lowest BCUT2D eigenvalue weighted by Crippen LogP contribution is -2.28. The van der Waals surface area contributed by atoms with E-state index in [2.05, 4.69) is 4.74 Å². The summed E-state index contributed by atoms with van der Waals surface area (Å²) in [6.07, 6.45) is 0.929. The molecule has 0 aliphatic heterocycles. The molecule has 1 amide bonds. The Hall–Kier alpha value is -2.04. The molecule has 0 heterocycles. The van der Waals surface area contributed by atoms with Crippen molar-refractivity contribution < 1.29 is 14.3 Å². The van der Waals surface area contributed by atoms with Crippen molar-refractivity contribution in [2.24, 2.45) is 0 Å². The number of ether oxygens (including phenoxy) is 1. The Kier molecular flexibility index (Phi) is 6.03. The van der Waals surface area contributed by atoms with Gasteiger partial charge in [0.1, 0.15) is 0 Å². The lowest BCUT2D eigenvalue weighted by molar-refractivity contribution is -0.140. The molecule has 0 aliphatic carbocycles. The summed E-state index contributed by atoms with van der Waals surface area (Å²) < 4.78 is 4.57. The highest BCUT2D eigenvalue weighted by molar-refractivity contribution is 5.94. The molecule has 5 nitrogen and oxygen atoms in total. The highest BCUT2D eigenvalue weighted by atomic mass is 16.5. The number of esters is 1. The summed E-state index contributed by atoms with van der Waals surface area (Å²) in [6.45, 7) is 0.531. The van der Waals surface area contributed by atoms with Crippen molar-refractivity contribution in [2.75, 3.05) is 39.7 Å². The quantitative estimate of drug-likeness (QED) is 0.744. The van der Waals surface area contributed by atoms with E-state index in [0.29, 0.717) is 24.9 Å². The number of carbonyl (C=O) groups excluding carboxylic acids is 2. The summed E-state index contributed by atoms with van der Waals surface area (Å²) in [4.78, 5) is 26.8. The van der Waals surface area contributed by atoms with Gasteiger partial charge in [0.05, 0.1) is 7.11 Å². The molecule has 0 saturated carbocycles. The van der Waals surface area contributed by atoms with Crippen LogP contribution in [0.25, 0.3) is 0 Å². The van der Waals surface area contributed by atoms with Crippen LogP contribution in [0.1, 0.15) is 23.2 Å². The summed E-state index contributed by atoms with van der Waals surface area (Å²) >= 11 is 0. The maximum Gasteiger partial charge on any atom is 0.305 e. The first-order valence-corrected chi connectivity index (χ1v) is 6.55. The molecule has 0 unspecified atom stereocenters. The Morgan fingerprint density at radius 2 is 1.70 bits per heavy atom. The van der Waals surface area contributed by atoms with Gasteiger partial charge in [0.25, 0.3) is 5.91 Å². The molecule has 0 saturated heterocycles. The van der Waals surface area contributed by atoms with Gasteiger partial charge in [0.2, 0.25) is 0 Å². The Morgan fingerprint density at radius 3 is 2.20 bits per heavy atom. The number of methoxy groups -OCH3 is 1. The van der Waals surface area contributed by atoms with Gasteiger partial charge in [-0.25, -0.2) is 0 Å². The second kappa shape index (κ2) is 7.53. The minimum absolute atomic E-state index is 0.0415. The molecule has 1 rings (SSSR count). The first-order chi connectivity index (χ1) is 9.45. The van der Waals surface area contributed by atoms with Crippen LogP contribution >= 0.6 is 0 Å². The zero-order chi connectivity index (χ0) is 15.1. The van der Waals surface area contributed by atoms with Crippen LogP contribution in [-0.4, -0.2) is 51.6 Å². The SMILES string of the molecule is COC(=O)CCCN(C)C(=O)c1ccc(N(C)C)cc1. The van der Waals surface area contributed by atoms with Crippen molar-refractivity contribution in [1.82, 2.24) is 4.90 Å². The Morgan fingerprint density at radius 1 is 1.10 bits per heavy atom. The molecule has 0 atom stereocenters. The van der Waals surface area contributed by atoms with Crippen LogP contribution in [-0.2, 0) is 9.53 Å². The second-order valence-electron chi connectivity index (χ2n) is 4.85. The van der Waals surface area contributed by atoms with Gasteiger partial charge in [-0.1, -0.05) is 0 Å². The smallest absolute Gasteiger partial charge is 0.305 e. The Labute approximate surface area is 120 Å². The third-order valence-electron chi connectivity index (χ3n) is 3.08. The maximum absolute atomic E-state index is 12.2.